The fourth-order valence-electron chi connectivity index (χ4n) is 4.35. The molecule has 0 heterocycles. The molecular formula is C21H36F2O. The van der Waals surface area contributed by atoms with Crippen LogP contribution in [0.4, 0.5) is 8.78 Å². The van der Waals surface area contributed by atoms with Crippen molar-refractivity contribution in [3.63, 3.8) is 0 Å². The van der Waals surface area contributed by atoms with Crippen molar-refractivity contribution in [3.8, 4) is 0 Å². The molecule has 0 N–H and O–H groups in total. The van der Waals surface area contributed by atoms with E-state index in [1.165, 1.54) is 6.42 Å². The highest BCUT2D eigenvalue weighted by atomic mass is 19.3. The second kappa shape index (κ2) is 9.89. The largest absolute Gasteiger partial charge is 0.356 e. The van der Waals surface area contributed by atoms with E-state index < -0.39 is 6.11 Å². The van der Waals surface area contributed by atoms with Gasteiger partial charge in [0.25, 0.3) is 0 Å². The highest BCUT2D eigenvalue weighted by Crippen LogP contribution is 2.38. The number of ether oxygens (including phenoxy) is 1. The lowest BCUT2D eigenvalue weighted by atomic mass is 9.78. The Bertz CT molecular complexity index is 364. The minimum Gasteiger partial charge on any atom is -0.320 e. The Morgan fingerprint density at radius 1 is 0.917 bits per heavy atom. The summed E-state index contributed by atoms with van der Waals surface area (Å²) in [5, 5.41) is 0. The van der Waals surface area contributed by atoms with Gasteiger partial charge in [0.1, 0.15) is 0 Å². The molecular weight excluding hydrogens is 306 g/mol. The SMILES string of the molecule is C/C=C/CCC1CCC(CC(F)(F)OCC2CCC(C)CC2)CC1. The van der Waals surface area contributed by atoms with Crippen LogP contribution in [-0.4, -0.2) is 12.7 Å². The molecule has 0 spiro atoms. The normalized spacial score (nSPS) is 32.3. The van der Waals surface area contributed by atoms with E-state index >= 15 is 0 Å². The molecule has 2 rings (SSSR count). The summed E-state index contributed by atoms with van der Waals surface area (Å²) in [5.74, 6) is 1.97. The predicted octanol–water partition coefficient (Wildman–Crippen LogP) is 6.97. The van der Waals surface area contributed by atoms with Gasteiger partial charge in [-0.3, -0.25) is 0 Å². The van der Waals surface area contributed by atoms with Gasteiger partial charge >= 0.3 is 6.11 Å². The summed E-state index contributed by atoms with van der Waals surface area (Å²) >= 11 is 0. The Morgan fingerprint density at radius 2 is 1.50 bits per heavy atom. The maximum absolute atomic E-state index is 14.2. The standard InChI is InChI=1S/C21H36F2O/c1-3-4-5-6-18-11-13-19(14-12-18)15-21(22,23)24-16-20-9-7-17(2)8-10-20/h3-4,17-20H,5-16H2,1-2H3/b4-3+. The lowest BCUT2D eigenvalue weighted by Gasteiger charge is -2.32. The number of allylic oxidation sites excluding steroid dienone is 2. The van der Waals surface area contributed by atoms with E-state index in [2.05, 4.69) is 19.1 Å². The van der Waals surface area contributed by atoms with Gasteiger partial charge in [-0.05, 0) is 69.1 Å². The first-order chi connectivity index (χ1) is 11.5. The van der Waals surface area contributed by atoms with E-state index in [9.17, 15) is 8.78 Å². The molecule has 0 radical (unpaired) electrons. The summed E-state index contributed by atoms with van der Waals surface area (Å²) in [5.41, 5.74) is 0. The number of hydrogen-bond donors (Lipinski definition) is 0. The van der Waals surface area contributed by atoms with Crippen molar-refractivity contribution in [2.24, 2.45) is 23.7 Å². The second-order valence-corrected chi connectivity index (χ2v) is 8.31. The third-order valence-corrected chi connectivity index (χ3v) is 6.14. The van der Waals surface area contributed by atoms with Crippen molar-refractivity contribution in [1.29, 1.82) is 0 Å². The zero-order valence-electron chi connectivity index (χ0n) is 15.6. The molecule has 24 heavy (non-hydrogen) atoms. The van der Waals surface area contributed by atoms with Crippen LogP contribution in [0.1, 0.15) is 84.5 Å². The van der Waals surface area contributed by atoms with Crippen molar-refractivity contribution < 1.29 is 13.5 Å². The average molecular weight is 343 g/mol. The van der Waals surface area contributed by atoms with Crippen LogP contribution in [-0.2, 0) is 4.74 Å². The van der Waals surface area contributed by atoms with Crippen molar-refractivity contribution in [3.05, 3.63) is 12.2 Å². The van der Waals surface area contributed by atoms with Gasteiger partial charge in [0, 0.05) is 6.42 Å². The molecule has 0 saturated heterocycles. The molecule has 2 fully saturated rings. The molecule has 3 heteroatoms. The van der Waals surface area contributed by atoms with Crippen LogP contribution in [0.15, 0.2) is 12.2 Å². The predicted molar refractivity (Wildman–Crippen MR) is 96.1 cm³/mol. The number of alkyl halides is 2. The highest BCUT2D eigenvalue weighted by molar-refractivity contribution is 4.81. The van der Waals surface area contributed by atoms with Crippen molar-refractivity contribution >= 4 is 0 Å². The summed E-state index contributed by atoms with van der Waals surface area (Å²) in [4.78, 5) is 0. The zero-order chi connectivity index (χ0) is 17.4. The summed E-state index contributed by atoms with van der Waals surface area (Å²) in [6.45, 7) is 4.55. The van der Waals surface area contributed by atoms with Crippen LogP contribution < -0.4 is 0 Å². The summed E-state index contributed by atoms with van der Waals surface area (Å²) in [7, 11) is 0. The van der Waals surface area contributed by atoms with E-state index in [1.54, 1.807) is 0 Å². The molecule has 0 atom stereocenters. The fraction of sp³-hybridized carbons (Fsp3) is 0.905. The molecule has 1 nitrogen and oxygen atoms in total. The van der Waals surface area contributed by atoms with E-state index in [0.717, 1.165) is 69.6 Å². The lowest BCUT2D eigenvalue weighted by molar-refractivity contribution is -0.256. The van der Waals surface area contributed by atoms with Gasteiger partial charge in [0.05, 0.1) is 6.61 Å². The zero-order valence-corrected chi connectivity index (χ0v) is 15.6. The smallest absolute Gasteiger partial charge is 0.320 e. The summed E-state index contributed by atoms with van der Waals surface area (Å²) < 4.78 is 33.4. The Balaban J connectivity index is 1.63. The first-order valence-electron chi connectivity index (χ1n) is 10.1. The lowest BCUT2D eigenvalue weighted by Crippen LogP contribution is -2.30. The van der Waals surface area contributed by atoms with Crippen molar-refractivity contribution in [2.75, 3.05) is 6.61 Å². The Hall–Kier alpha value is -0.440. The number of rotatable bonds is 8. The van der Waals surface area contributed by atoms with Gasteiger partial charge in [-0.25, -0.2) is 0 Å². The van der Waals surface area contributed by atoms with Gasteiger partial charge in [0.15, 0.2) is 0 Å². The molecule has 0 aromatic heterocycles. The van der Waals surface area contributed by atoms with E-state index in [-0.39, 0.29) is 18.9 Å². The summed E-state index contributed by atoms with van der Waals surface area (Å²) in [6.07, 6.45) is 12.2. The van der Waals surface area contributed by atoms with Crippen molar-refractivity contribution in [1.82, 2.24) is 0 Å². The van der Waals surface area contributed by atoms with Crippen LogP contribution in [0.3, 0.4) is 0 Å². The average Bonchev–Trinajstić information content (AvgIpc) is 2.56. The molecule has 0 aromatic rings. The van der Waals surface area contributed by atoms with E-state index in [1.807, 2.05) is 6.92 Å². The first-order valence-corrected chi connectivity index (χ1v) is 10.1. The van der Waals surface area contributed by atoms with Gasteiger partial charge < -0.3 is 4.74 Å². The van der Waals surface area contributed by atoms with Crippen LogP contribution in [0, 0.1) is 23.7 Å². The molecule has 2 aliphatic rings. The Morgan fingerprint density at radius 3 is 2.12 bits per heavy atom. The Labute approximate surface area is 147 Å². The quantitative estimate of drug-likeness (QED) is 0.433. The van der Waals surface area contributed by atoms with E-state index in [4.69, 9.17) is 4.74 Å². The van der Waals surface area contributed by atoms with E-state index in [0.29, 0.717) is 5.92 Å². The molecule has 0 bridgehead atoms. The third kappa shape index (κ3) is 7.21. The molecule has 0 aliphatic heterocycles. The minimum absolute atomic E-state index is 0.0717. The third-order valence-electron chi connectivity index (χ3n) is 6.14. The molecule has 0 amide bonds. The monoisotopic (exact) mass is 342 g/mol. The van der Waals surface area contributed by atoms with Gasteiger partial charge in [-0.15, -0.1) is 0 Å². The molecule has 2 saturated carbocycles. The molecule has 0 aromatic carbocycles. The minimum atomic E-state index is -2.93. The van der Waals surface area contributed by atoms with Gasteiger partial charge in [-0.2, -0.15) is 8.78 Å². The number of hydrogen-bond acceptors (Lipinski definition) is 1. The number of halogens is 2. The molecule has 140 valence electrons. The first kappa shape index (κ1) is 19.9. The Kier molecular flexibility index (Phi) is 8.19. The second-order valence-electron chi connectivity index (χ2n) is 8.31. The van der Waals surface area contributed by atoms with Crippen molar-refractivity contribution in [2.45, 2.75) is 90.6 Å². The molecule has 0 unspecified atom stereocenters. The van der Waals surface area contributed by atoms with Crippen LogP contribution in [0.25, 0.3) is 0 Å². The van der Waals surface area contributed by atoms with Gasteiger partial charge in [-0.1, -0.05) is 44.8 Å². The summed E-state index contributed by atoms with van der Waals surface area (Å²) in [6, 6.07) is 0. The topological polar surface area (TPSA) is 9.23 Å². The van der Waals surface area contributed by atoms with Crippen LogP contribution in [0.5, 0.6) is 0 Å². The fourth-order valence-corrected chi connectivity index (χ4v) is 4.35. The highest BCUT2D eigenvalue weighted by Gasteiger charge is 2.36. The van der Waals surface area contributed by atoms with Gasteiger partial charge in [0.2, 0.25) is 0 Å². The maximum atomic E-state index is 14.2. The molecule has 2 aliphatic carbocycles. The maximum Gasteiger partial charge on any atom is 0.356 e. The van der Waals surface area contributed by atoms with Crippen LogP contribution in [0.2, 0.25) is 0 Å². The van der Waals surface area contributed by atoms with Crippen LogP contribution >= 0.6 is 0 Å².